The molecule has 0 spiro atoms. The average Bonchev–Trinajstić information content (AvgIpc) is 3.20. The van der Waals surface area contributed by atoms with Crippen LogP contribution in [0.25, 0.3) is 10.9 Å². The first-order valence-electron chi connectivity index (χ1n) is 12.2. The van der Waals surface area contributed by atoms with Gasteiger partial charge >= 0.3 is 0 Å². The normalized spacial score (nSPS) is 10.5. The van der Waals surface area contributed by atoms with Crippen molar-refractivity contribution < 1.29 is 4.74 Å². The summed E-state index contributed by atoms with van der Waals surface area (Å²) in [5.74, 6) is 0.872. The molecule has 3 rings (SSSR count). The van der Waals surface area contributed by atoms with Gasteiger partial charge in [0.15, 0.2) is 0 Å². The van der Waals surface area contributed by atoms with E-state index in [4.69, 9.17) is 16.3 Å². The first kappa shape index (κ1) is 30.1. The van der Waals surface area contributed by atoms with Crippen molar-refractivity contribution in [3.63, 3.8) is 0 Å². The molecule has 188 valence electrons. The van der Waals surface area contributed by atoms with Gasteiger partial charge in [-0.2, -0.15) is 0 Å². The largest absolute Gasteiger partial charge is 0.489 e. The third-order valence-electron chi connectivity index (χ3n) is 5.34. The van der Waals surface area contributed by atoms with E-state index in [1.165, 1.54) is 34.9 Å². The topological polar surface area (TPSA) is 25.0 Å². The lowest BCUT2D eigenvalue weighted by atomic mass is 10.1. The maximum Gasteiger partial charge on any atom is 0.118 e. The van der Waals surface area contributed by atoms with Gasteiger partial charge in [-0.1, -0.05) is 67.4 Å². The fourth-order valence-corrected chi connectivity index (χ4v) is 3.64. The molecule has 0 aliphatic carbocycles. The number of H-pyrrole nitrogens is 1. The highest BCUT2D eigenvalue weighted by molar-refractivity contribution is 6.31. The first-order valence-corrected chi connectivity index (χ1v) is 12.5. The summed E-state index contributed by atoms with van der Waals surface area (Å²) >= 11 is 6.20. The molecule has 2 aromatic carbocycles. The number of hydrogen-bond acceptors (Lipinski definition) is 1. The Balaban J connectivity index is 0.000000330. The predicted molar refractivity (Wildman–Crippen MR) is 156 cm³/mol. The molecule has 0 atom stereocenters. The van der Waals surface area contributed by atoms with Gasteiger partial charge in [0.05, 0.1) is 0 Å². The van der Waals surface area contributed by atoms with E-state index in [0.29, 0.717) is 6.61 Å². The molecular weight excluding hydrogens is 450 g/mol. The summed E-state index contributed by atoms with van der Waals surface area (Å²) < 4.78 is 5.89. The highest BCUT2D eigenvalue weighted by atomic mass is 35.5. The summed E-state index contributed by atoms with van der Waals surface area (Å²) in [5, 5.41) is 2.14. The molecule has 0 amide bonds. The summed E-state index contributed by atoms with van der Waals surface area (Å²) in [6, 6.07) is 12.4. The Bertz CT molecular complexity index is 1140. The van der Waals surface area contributed by atoms with Crippen LogP contribution in [0.2, 0.25) is 5.02 Å². The minimum absolute atomic E-state index is 0.479. The second kappa shape index (κ2) is 15.8. The highest BCUT2D eigenvalue weighted by Crippen LogP contribution is 2.23. The van der Waals surface area contributed by atoms with Gasteiger partial charge in [0, 0.05) is 27.7 Å². The van der Waals surface area contributed by atoms with Crippen molar-refractivity contribution in [3.05, 3.63) is 118 Å². The lowest BCUT2D eigenvalue weighted by Crippen LogP contribution is -1.97. The average molecular weight is 492 g/mol. The Kier molecular flexibility index (Phi) is 13.6. The first-order chi connectivity index (χ1) is 16.7. The zero-order chi connectivity index (χ0) is 26.4. The third kappa shape index (κ3) is 10.0. The van der Waals surface area contributed by atoms with E-state index in [0.717, 1.165) is 33.1 Å². The number of nitrogens with one attached hydrogen (secondary N) is 1. The lowest BCUT2D eigenvalue weighted by molar-refractivity contribution is 0.207. The second-order valence-electron chi connectivity index (χ2n) is 8.80. The molecule has 0 aliphatic rings. The molecule has 0 unspecified atom stereocenters. The standard InChI is InChI=1S/C17H21ClO.C12H15N.C3H6/c1-6-13(4)10-17(12(2)3)19-11-15-14(5)8-7-9-16(15)18;1-3-4-10-8-13-12-6-5-9(2)7-11(10)12;1-3-2/h6-10H,1,11H2,2-5H3;5-8,13H,3-4H2,1-2H3;3H,1H2,2H3/b13-10-;;. The van der Waals surface area contributed by atoms with Crippen LogP contribution in [0.3, 0.4) is 0 Å². The van der Waals surface area contributed by atoms with Gasteiger partial charge in [-0.05, 0) is 94.5 Å². The lowest BCUT2D eigenvalue weighted by Gasteiger charge is -2.13. The van der Waals surface area contributed by atoms with E-state index in [9.17, 15) is 0 Å². The van der Waals surface area contributed by atoms with Crippen molar-refractivity contribution in [2.45, 2.75) is 67.9 Å². The molecule has 0 saturated carbocycles. The molecule has 1 N–H and O–H groups in total. The van der Waals surface area contributed by atoms with Gasteiger partial charge in [-0.25, -0.2) is 0 Å². The quantitative estimate of drug-likeness (QED) is 0.198. The zero-order valence-electron chi connectivity index (χ0n) is 22.6. The fourth-order valence-electron chi connectivity index (χ4n) is 3.36. The molecular formula is C32H42ClNO. The number of aromatic amines is 1. The number of benzene rings is 2. The van der Waals surface area contributed by atoms with Crippen LogP contribution in [0.1, 0.15) is 63.3 Å². The van der Waals surface area contributed by atoms with Crippen molar-refractivity contribution in [2.24, 2.45) is 0 Å². The maximum absolute atomic E-state index is 6.20. The second-order valence-corrected chi connectivity index (χ2v) is 9.21. The number of rotatable bonds is 7. The molecule has 2 nitrogen and oxygen atoms in total. The molecule has 35 heavy (non-hydrogen) atoms. The van der Waals surface area contributed by atoms with Crippen LogP contribution in [-0.2, 0) is 17.8 Å². The van der Waals surface area contributed by atoms with Crippen molar-refractivity contribution in [3.8, 4) is 0 Å². The fraction of sp³-hybridized carbons (Fsp3) is 0.312. The van der Waals surface area contributed by atoms with Crippen molar-refractivity contribution >= 4 is 22.5 Å². The molecule has 1 aromatic heterocycles. The molecule has 3 heteroatoms. The van der Waals surface area contributed by atoms with Crippen LogP contribution in [-0.4, -0.2) is 4.98 Å². The maximum atomic E-state index is 6.20. The van der Waals surface area contributed by atoms with Crippen molar-refractivity contribution in [1.82, 2.24) is 4.98 Å². The predicted octanol–water partition coefficient (Wildman–Crippen LogP) is 10.2. The highest BCUT2D eigenvalue weighted by Gasteiger charge is 2.06. The van der Waals surface area contributed by atoms with Gasteiger partial charge in [-0.15, -0.1) is 6.58 Å². The summed E-state index contributed by atoms with van der Waals surface area (Å²) in [6.07, 6.45) is 10.1. The van der Waals surface area contributed by atoms with Gasteiger partial charge in [0.1, 0.15) is 12.4 Å². The Morgan fingerprint density at radius 2 is 1.77 bits per heavy atom. The van der Waals surface area contributed by atoms with Gasteiger partial charge in [0.25, 0.3) is 0 Å². The van der Waals surface area contributed by atoms with Gasteiger partial charge in [0.2, 0.25) is 0 Å². The molecule has 0 radical (unpaired) electrons. The number of aryl methyl sites for hydroxylation is 3. The monoisotopic (exact) mass is 491 g/mol. The number of ether oxygens (including phenoxy) is 1. The molecule has 0 fully saturated rings. The minimum Gasteiger partial charge on any atom is -0.489 e. The van der Waals surface area contributed by atoms with Gasteiger partial charge < -0.3 is 9.72 Å². The van der Waals surface area contributed by atoms with Crippen LogP contribution in [0.15, 0.2) is 90.9 Å². The van der Waals surface area contributed by atoms with E-state index in [2.05, 4.69) is 56.4 Å². The summed E-state index contributed by atoms with van der Waals surface area (Å²) in [5.41, 5.74) is 8.43. The number of aromatic nitrogens is 1. The number of fused-ring (bicyclic) bond motifs is 1. The SMILES string of the molecule is C=C/C(C)=C\C(OCc1c(C)cccc1Cl)=C(C)C.C=CC.CCCc1c[nH]c2ccc(C)cc12. The molecule has 0 saturated heterocycles. The summed E-state index contributed by atoms with van der Waals surface area (Å²) in [7, 11) is 0. The number of halogens is 1. The van der Waals surface area contributed by atoms with E-state index < -0.39 is 0 Å². The minimum atomic E-state index is 0.479. The Labute approximate surface area is 218 Å². The summed E-state index contributed by atoms with van der Waals surface area (Å²) in [6.45, 7) is 21.9. The van der Waals surface area contributed by atoms with Crippen LogP contribution >= 0.6 is 11.6 Å². The number of allylic oxidation sites excluding steroid dienone is 5. The summed E-state index contributed by atoms with van der Waals surface area (Å²) in [4.78, 5) is 3.30. The molecule has 3 aromatic rings. The van der Waals surface area contributed by atoms with Crippen LogP contribution in [0.4, 0.5) is 0 Å². The van der Waals surface area contributed by atoms with E-state index >= 15 is 0 Å². The van der Waals surface area contributed by atoms with E-state index in [1.54, 1.807) is 6.08 Å². The number of hydrogen-bond donors (Lipinski definition) is 1. The van der Waals surface area contributed by atoms with Crippen LogP contribution in [0, 0.1) is 13.8 Å². The zero-order valence-corrected chi connectivity index (χ0v) is 23.4. The van der Waals surface area contributed by atoms with Crippen LogP contribution in [0.5, 0.6) is 0 Å². The smallest absolute Gasteiger partial charge is 0.118 e. The third-order valence-corrected chi connectivity index (χ3v) is 5.69. The Morgan fingerprint density at radius 3 is 2.34 bits per heavy atom. The van der Waals surface area contributed by atoms with Crippen molar-refractivity contribution in [1.29, 1.82) is 0 Å². The van der Waals surface area contributed by atoms with Gasteiger partial charge in [-0.3, -0.25) is 0 Å². The Hall–Kier alpha value is -2.97. The Morgan fingerprint density at radius 1 is 1.09 bits per heavy atom. The molecule has 0 aliphatic heterocycles. The van der Waals surface area contributed by atoms with Crippen molar-refractivity contribution in [2.75, 3.05) is 0 Å². The molecule has 0 bridgehead atoms. The van der Waals surface area contributed by atoms with Crippen LogP contribution < -0.4 is 0 Å². The van der Waals surface area contributed by atoms with E-state index in [1.807, 2.05) is 65.0 Å². The van der Waals surface area contributed by atoms with E-state index in [-0.39, 0.29) is 0 Å². The molecule has 1 heterocycles.